The molecule has 0 unspecified atom stereocenters. The molecule has 10 aromatic rings. The summed E-state index contributed by atoms with van der Waals surface area (Å²) in [5, 5.41) is 4.55. The molecule has 1 heterocycles. The third-order valence-electron chi connectivity index (χ3n) is 12.1. The molecule has 2 nitrogen and oxygen atoms in total. The number of furan rings is 1. The van der Waals surface area contributed by atoms with Crippen molar-refractivity contribution < 1.29 is 4.42 Å². The Bertz CT molecular complexity index is 3150. The van der Waals surface area contributed by atoms with Gasteiger partial charge in [-0.25, -0.2) is 0 Å². The van der Waals surface area contributed by atoms with E-state index in [4.69, 9.17) is 4.42 Å². The zero-order chi connectivity index (χ0) is 38.1. The second-order valence-corrected chi connectivity index (χ2v) is 15.6. The van der Waals surface area contributed by atoms with Crippen molar-refractivity contribution in [2.75, 3.05) is 4.90 Å². The molecule has 0 radical (unpaired) electrons. The molecule has 0 atom stereocenters. The van der Waals surface area contributed by atoms with Gasteiger partial charge in [0, 0.05) is 27.6 Å². The molecule has 0 amide bonds. The number of para-hydroxylation sites is 1. The van der Waals surface area contributed by atoms with Crippen LogP contribution in [0.15, 0.2) is 205 Å². The highest BCUT2D eigenvalue weighted by Crippen LogP contribution is 2.53. The summed E-state index contributed by atoms with van der Waals surface area (Å²) >= 11 is 0. The molecule has 11 rings (SSSR count). The molecule has 0 fully saturated rings. The van der Waals surface area contributed by atoms with Crippen molar-refractivity contribution in [2.24, 2.45) is 0 Å². The van der Waals surface area contributed by atoms with Crippen LogP contribution in [0, 0.1) is 0 Å². The summed E-state index contributed by atoms with van der Waals surface area (Å²) in [4.78, 5) is 2.47. The molecule has 0 N–H and O–H groups in total. The molecule has 1 aliphatic rings. The normalized spacial score (nSPS) is 12.9. The van der Waals surface area contributed by atoms with Gasteiger partial charge >= 0.3 is 0 Å². The van der Waals surface area contributed by atoms with Gasteiger partial charge in [-0.1, -0.05) is 178 Å². The molecular formula is C55H39NO. The maximum Gasteiger partial charge on any atom is 0.143 e. The quantitative estimate of drug-likeness (QED) is 0.169. The number of fused-ring (bicyclic) bond motifs is 8. The zero-order valence-corrected chi connectivity index (χ0v) is 31.9. The summed E-state index contributed by atoms with van der Waals surface area (Å²) in [5.74, 6) is 0. The number of hydrogen-bond donors (Lipinski definition) is 0. The fraction of sp³-hybridized carbons (Fsp3) is 0.0545. The average Bonchev–Trinajstić information content (AvgIpc) is 3.78. The molecule has 270 valence electrons. The van der Waals surface area contributed by atoms with Crippen LogP contribution in [-0.4, -0.2) is 0 Å². The van der Waals surface area contributed by atoms with E-state index < -0.39 is 0 Å². The van der Waals surface area contributed by atoms with Crippen LogP contribution in [0.25, 0.3) is 77.2 Å². The lowest BCUT2D eigenvalue weighted by Gasteiger charge is -2.30. The van der Waals surface area contributed by atoms with E-state index in [-0.39, 0.29) is 5.41 Å². The monoisotopic (exact) mass is 729 g/mol. The Hall–Kier alpha value is -7.16. The van der Waals surface area contributed by atoms with Crippen LogP contribution >= 0.6 is 0 Å². The van der Waals surface area contributed by atoms with Crippen LogP contribution in [0.4, 0.5) is 17.1 Å². The third-order valence-corrected chi connectivity index (χ3v) is 12.1. The largest absolute Gasteiger partial charge is 0.455 e. The SMILES string of the molecule is CC1(C)c2ccccc2-c2ccc(N(c3ccccc3-c3ccccc3)c3cccc4oc5c(-c6ccccc6-c6ccccc6)cc6ccccc6c5c34)cc21. The molecular weight excluding hydrogens is 691 g/mol. The maximum atomic E-state index is 7.14. The first kappa shape index (κ1) is 33.2. The van der Waals surface area contributed by atoms with Crippen molar-refractivity contribution in [3.8, 4) is 44.5 Å². The lowest BCUT2D eigenvalue weighted by molar-refractivity contribution is 0.660. The Morgan fingerprint density at radius 1 is 0.404 bits per heavy atom. The Morgan fingerprint density at radius 3 is 1.79 bits per heavy atom. The predicted molar refractivity (Wildman–Crippen MR) is 240 cm³/mol. The number of rotatable bonds is 6. The van der Waals surface area contributed by atoms with E-state index in [1.807, 2.05) is 0 Å². The standard InChI is InChI=1S/C55H39NO/c1-55(2)47-28-15-13-27-44(47)45-33-32-39(35-48(45)55)56(49-29-16-14-24-41(49)37-20-7-4-8-21-37)50-30-17-31-51-53(50)52-42-25-10-9-22-38(42)34-46(54(52)57-51)43-26-12-11-23-40(43)36-18-5-3-6-19-36/h3-35H,1-2H3. The van der Waals surface area contributed by atoms with Gasteiger partial charge in [-0.05, 0) is 91.7 Å². The first-order chi connectivity index (χ1) is 28.1. The zero-order valence-electron chi connectivity index (χ0n) is 31.9. The molecule has 2 heteroatoms. The summed E-state index contributed by atoms with van der Waals surface area (Å²) in [6.07, 6.45) is 0. The average molecular weight is 730 g/mol. The molecule has 1 aromatic heterocycles. The number of anilines is 3. The Labute approximate surface area is 332 Å². The molecule has 0 saturated carbocycles. The van der Waals surface area contributed by atoms with Gasteiger partial charge < -0.3 is 9.32 Å². The summed E-state index contributed by atoms with van der Waals surface area (Å²) in [7, 11) is 0. The Morgan fingerprint density at radius 2 is 1.00 bits per heavy atom. The number of nitrogens with zero attached hydrogens (tertiary/aromatic N) is 1. The molecule has 9 aromatic carbocycles. The van der Waals surface area contributed by atoms with Gasteiger partial charge in [-0.3, -0.25) is 0 Å². The van der Waals surface area contributed by atoms with Crippen LogP contribution in [0.2, 0.25) is 0 Å². The summed E-state index contributed by atoms with van der Waals surface area (Å²) in [6, 6.07) is 72.4. The van der Waals surface area contributed by atoms with E-state index in [1.165, 1.54) is 49.7 Å². The van der Waals surface area contributed by atoms with Crippen molar-refractivity contribution in [3.05, 3.63) is 211 Å². The van der Waals surface area contributed by atoms with Gasteiger partial charge in [0.2, 0.25) is 0 Å². The van der Waals surface area contributed by atoms with Gasteiger partial charge in [0.15, 0.2) is 0 Å². The van der Waals surface area contributed by atoms with Crippen LogP contribution < -0.4 is 4.90 Å². The predicted octanol–water partition coefficient (Wildman–Crippen LogP) is 15.5. The molecule has 57 heavy (non-hydrogen) atoms. The smallest absolute Gasteiger partial charge is 0.143 e. The molecule has 0 saturated heterocycles. The van der Waals surface area contributed by atoms with Gasteiger partial charge in [0.05, 0.1) is 16.8 Å². The van der Waals surface area contributed by atoms with E-state index in [1.54, 1.807) is 0 Å². The van der Waals surface area contributed by atoms with Gasteiger partial charge in [0.1, 0.15) is 11.2 Å². The van der Waals surface area contributed by atoms with E-state index in [9.17, 15) is 0 Å². The molecule has 0 spiro atoms. The highest BCUT2D eigenvalue weighted by Gasteiger charge is 2.36. The first-order valence-corrected chi connectivity index (χ1v) is 19.8. The van der Waals surface area contributed by atoms with Crippen molar-refractivity contribution in [3.63, 3.8) is 0 Å². The van der Waals surface area contributed by atoms with Crippen molar-refractivity contribution >= 4 is 49.8 Å². The van der Waals surface area contributed by atoms with Gasteiger partial charge in [-0.2, -0.15) is 0 Å². The Balaban J connectivity index is 1.23. The Kier molecular flexibility index (Phi) is 7.55. The van der Waals surface area contributed by atoms with E-state index in [2.05, 4.69) is 219 Å². The summed E-state index contributed by atoms with van der Waals surface area (Å²) < 4.78 is 7.14. The first-order valence-electron chi connectivity index (χ1n) is 19.8. The third kappa shape index (κ3) is 5.18. The fourth-order valence-corrected chi connectivity index (χ4v) is 9.39. The minimum absolute atomic E-state index is 0.155. The summed E-state index contributed by atoms with van der Waals surface area (Å²) in [5.41, 5.74) is 17.1. The van der Waals surface area contributed by atoms with Gasteiger partial charge in [0.25, 0.3) is 0 Å². The highest BCUT2D eigenvalue weighted by molar-refractivity contribution is 6.26. The van der Waals surface area contributed by atoms with E-state index >= 15 is 0 Å². The highest BCUT2D eigenvalue weighted by atomic mass is 16.3. The van der Waals surface area contributed by atoms with Crippen molar-refractivity contribution in [1.82, 2.24) is 0 Å². The minimum atomic E-state index is -0.155. The van der Waals surface area contributed by atoms with E-state index in [0.29, 0.717) is 0 Å². The maximum absolute atomic E-state index is 7.14. The fourth-order valence-electron chi connectivity index (χ4n) is 9.39. The lowest BCUT2D eigenvalue weighted by atomic mass is 9.82. The van der Waals surface area contributed by atoms with Crippen LogP contribution in [-0.2, 0) is 5.41 Å². The molecule has 0 bridgehead atoms. The molecule has 1 aliphatic carbocycles. The lowest BCUT2D eigenvalue weighted by Crippen LogP contribution is -2.17. The van der Waals surface area contributed by atoms with Crippen molar-refractivity contribution in [1.29, 1.82) is 0 Å². The van der Waals surface area contributed by atoms with Gasteiger partial charge in [-0.15, -0.1) is 0 Å². The summed E-state index contributed by atoms with van der Waals surface area (Å²) in [6.45, 7) is 4.71. The van der Waals surface area contributed by atoms with E-state index in [0.717, 1.165) is 55.7 Å². The van der Waals surface area contributed by atoms with Crippen LogP contribution in [0.1, 0.15) is 25.0 Å². The second-order valence-electron chi connectivity index (χ2n) is 15.6. The number of hydrogen-bond acceptors (Lipinski definition) is 2. The topological polar surface area (TPSA) is 16.4 Å². The van der Waals surface area contributed by atoms with Crippen LogP contribution in [0.3, 0.4) is 0 Å². The second kappa shape index (κ2) is 13.0. The molecule has 0 aliphatic heterocycles. The van der Waals surface area contributed by atoms with Crippen LogP contribution in [0.5, 0.6) is 0 Å². The number of benzene rings is 9. The minimum Gasteiger partial charge on any atom is -0.455 e. The van der Waals surface area contributed by atoms with Crippen molar-refractivity contribution in [2.45, 2.75) is 19.3 Å².